The summed E-state index contributed by atoms with van der Waals surface area (Å²) in [6.07, 6.45) is 10.6. The Morgan fingerprint density at radius 3 is 2.04 bits per heavy atom. The van der Waals surface area contributed by atoms with Gasteiger partial charge in [-0.25, -0.2) is 8.42 Å². The summed E-state index contributed by atoms with van der Waals surface area (Å²) in [4.78, 5) is 0.279. The SMILES string of the molecule is CCCCCCCC(CCCCC)N(CC#N)S(=O)(=O)c1ccccc1. The molecule has 0 radical (unpaired) electrons. The van der Waals surface area contributed by atoms with Gasteiger partial charge in [0, 0.05) is 6.04 Å². The molecule has 1 aromatic rings. The van der Waals surface area contributed by atoms with Crippen LogP contribution in [0.1, 0.15) is 78.1 Å². The minimum atomic E-state index is -3.64. The number of sulfonamides is 1. The summed E-state index contributed by atoms with van der Waals surface area (Å²) < 4.78 is 27.7. The zero-order chi connectivity index (χ0) is 19.3. The van der Waals surface area contributed by atoms with Gasteiger partial charge in [-0.1, -0.05) is 83.4 Å². The summed E-state index contributed by atoms with van der Waals surface area (Å²) in [6, 6.07) is 10.5. The quantitative estimate of drug-likeness (QED) is 0.317. The molecule has 0 saturated carbocycles. The second-order valence-electron chi connectivity index (χ2n) is 6.87. The van der Waals surface area contributed by atoms with Gasteiger partial charge in [-0.3, -0.25) is 0 Å². The van der Waals surface area contributed by atoms with Crippen LogP contribution in [0.3, 0.4) is 0 Å². The highest BCUT2D eigenvalue weighted by molar-refractivity contribution is 7.89. The summed E-state index contributed by atoms with van der Waals surface area (Å²) in [5.74, 6) is 0. The first-order valence-electron chi connectivity index (χ1n) is 10.0. The number of nitriles is 1. The Hall–Kier alpha value is -1.38. The number of rotatable bonds is 14. The molecule has 0 aliphatic rings. The van der Waals surface area contributed by atoms with Crippen LogP contribution in [0, 0.1) is 11.3 Å². The second-order valence-corrected chi connectivity index (χ2v) is 8.76. The van der Waals surface area contributed by atoms with Crippen molar-refractivity contribution in [3.05, 3.63) is 30.3 Å². The molecule has 0 fully saturated rings. The maximum atomic E-state index is 13.1. The average molecular weight is 379 g/mol. The van der Waals surface area contributed by atoms with Crippen LogP contribution in [0.2, 0.25) is 0 Å². The number of unbranched alkanes of at least 4 members (excludes halogenated alkanes) is 6. The van der Waals surface area contributed by atoms with Crippen molar-refractivity contribution in [2.45, 2.75) is 89.0 Å². The third kappa shape index (κ3) is 7.47. The van der Waals surface area contributed by atoms with Gasteiger partial charge in [0.15, 0.2) is 0 Å². The van der Waals surface area contributed by atoms with Crippen LogP contribution < -0.4 is 0 Å². The van der Waals surface area contributed by atoms with Crippen LogP contribution in [0.5, 0.6) is 0 Å². The van der Waals surface area contributed by atoms with E-state index in [2.05, 4.69) is 19.9 Å². The van der Waals surface area contributed by atoms with Crippen molar-refractivity contribution >= 4 is 10.0 Å². The number of hydrogen-bond acceptors (Lipinski definition) is 3. The standard InChI is InChI=1S/C21H34N2O2S/c1-3-5-7-8-11-15-20(14-10-6-4-2)23(19-18-22)26(24,25)21-16-12-9-13-17-21/h9,12-13,16-17,20H,3-8,10-11,14-15,19H2,1-2H3. The Kier molecular flexibility index (Phi) is 11.2. The van der Waals surface area contributed by atoms with Crippen molar-refractivity contribution in [2.24, 2.45) is 0 Å². The molecular formula is C21H34N2O2S. The van der Waals surface area contributed by atoms with E-state index in [-0.39, 0.29) is 17.5 Å². The number of benzene rings is 1. The zero-order valence-corrected chi connectivity index (χ0v) is 17.2. The second kappa shape index (κ2) is 12.9. The van der Waals surface area contributed by atoms with E-state index in [1.54, 1.807) is 30.3 Å². The van der Waals surface area contributed by atoms with Crippen LogP contribution in [0.25, 0.3) is 0 Å². The van der Waals surface area contributed by atoms with Gasteiger partial charge in [0.1, 0.15) is 6.54 Å². The highest BCUT2D eigenvalue weighted by Gasteiger charge is 2.30. The summed E-state index contributed by atoms with van der Waals surface area (Å²) in [7, 11) is -3.64. The van der Waals surface area contributed by atoms with E-state index in [1.165, 1.54) is 23.6 Å². The monoisotopic (exact) mass is 378 g/mol. The normalized spacial score (nSPS) is 12.8. The van der Waals surface area contributed by atoms with Gasteiger partial charge in [0.2, 0.25) is 10.0 Å². The molecule has 1 atom stereocenters. The van der Waals surface area contributed by atoms with E-state index in [9.17, 15) is 13.7 Å². The molecule has 146 valence electrons. The number of nitrogens with zero attached hydrogens (tertiary/aromatic N) is 2. The average Bonchev–Trinajstić information content (AvgIpc) is 2.65. The molecule has 0 amide bonds. The third-order valence-corrected chi connectivity index (χ3v) is 6.68. The highest BCUT2D eigenvalue weighted by atomic mass is 32.2. The number of hydrogen-bond donors (Lipinski definition) is 0. The zero-order valence-electron chi connectivity index (χ0n) is 16.4. The van der Waals surface area contributed by atoms with Crippen molar-refractivity contribution in [1.29, 1.82) is 5.26 Å². The third-order valence-electron chi connectivity index (χ3n) is 4.77. The van der Waals surface area contributed by atoms with E-state index in [4.69, 9.17) is 0 Å². The van der Waals surface area contributed by atoms with Gasteiger partial charge in [-0.2, -0.15) is 9.57 Å². The molecule has 0 aliphatic heterocycles. The molecule has 0 aromatic heterocycles. The molecule has 5 heteroatoms. The first kappa shape index (κ1) is 22.7. The van der Waals surface area contributed by atoms with E-state index in [0.717, 1.165) is 44.9 Å². The topological polar surface area (TPSA) is 61.2 Å². The molecule has 1 rings (SSSR count). The van der Waals surface area contributed by atoms with Gasteiger partial charge < -0.3 is 0 Å². The lowest BCUT2D eigenvalue weighted by molar-refractivity contribution is 0.297. The molecule has 0 saturated heterocycles. The molecular weight excluding hydrogens is 344 g/mol. The molecule has 0 spiro atoms. The van der Waals surface area contributed by atoms with Crippen molar-refractivity contribution in [2.75, 3.05) is 6.54 Å². The Bertz CT molecular complexity index is 623. The van der Waals surface area contributed by atoms with E-state index < -0.39 is 10.0 Å². The largest absolute Gasteiger partial charge is 0.244 e. The molecule has 0 bridgehead atoms. The first-order valence-corrected chi connectivity index (χ1v) is 11.5. The minimum absolute atomic E-state index is 0.0804. The van der Waals surface area contributed by atoms with Crippen molar-refractivity contribution in [1.82, 2.24) is 4.31 Å². The Morgan fingerprint density at radius 1 is 0.923 bits per heavy atom. The van der Waals surface area contributed by atoms with Gasteiger partial charge in [-0.05, 0) is 25.0 Å². The summed E-state index contributed by atoms with van der Waals surface area (Å²) in [5, 5.41) is 9.25. The molecule has 1 aromatic carbocycles. The lowest BCUT2D eigenvalue weighted by Crippen LogP contribution is -2.40. The first-order chi connectivity index (χ1) is 12.6. The van der Waals surface area contributed by atoms with Gasteiger partial charge >= 0.3 is 0 Å². The molecule has 0 aliphatic carbocycles. The summed E-state index contributed by atoms with van der Waals surface area (Å²) >= 11 is 0. The predicted octanol–water partition coefficient (Wildman–Crippen LogP) is 5.51. The van der Waals surface area contributed by atoms with E-state index in [1.807, 2.05) is 0 Å². The summed E-state index contributed by atoms with van der Waals surface area (Å²) in [5.41, 5.74) is 0. The van der Waals surface area contributed by atoms with Crippen molar-refractivity contribution in [3.63, 3.8) is 0 Å². The van der Waals surface area contributed by atoms with Crippen molar-refractivity contribution < 1.29 is 8.42 Å². The van der Waals surface area contributed by atoms with Crippen LogP contribution in [-0.4, -0.2) is 25.3 Å². The molecule has 1 unspecified atom stereocenters. The predicted molar refractivity (Wildman–Crippen MR) is 107 cm³/mol. The Balaban J connectivity index is 2.92. The van der Waals surface area contributed by atoms with Crippen LogP contribution in [0.15, 0.2) is 35.2 Å². The highest BCUT2D eigenvalue weighted by Crippen LogP contribution is 2.24. The Labute approximate surface area is 160 Å². The maximum Gasteiger partial charge on any atom is 0.244 e. The maximum absolute atomic E-state index is 13.1. The van der Waals surface area contributed by atoms with Gasteiger partial charge in [0.25, 0.3) is 0 Å². The smallest absolute Gasteiger partial charge is 0.207 e. The minimum Gasteiger partial charge on any atom is -0.207 e. The van der Waals surface area contributed by atoms with Gasteiger partial charge in [0.05, 0.1) is 11.0 Å². The van der Waals surface area contributed by atoms with Gasteiger partial charge in [-0.15, -0.1) is 0 Å². The fourth-order valence-corrected chi connectivity index (χ4v) is 4.86. The molecule has 4 nitrogen and oxygen atoms in total. The molecule has 0 N–H and O–H groups in total. The fraction of sp³-hybridized carbons (Fsp3) is 0.667. The molecule has 26 heavy (non-hydrogen) atoms. The fourth-order valence-electron chi connectivity index (χ4n) is 3.25. The van der Waals surface area contributed by atoms with Crippen LogP contribution in [0.4, 0.5) is 0 Å². The lowest BCUT2D eigenvalue weighted by atomic mass is 10.0. The van der Waals surface area contributed by atoms with Crippen LogP contribution in [-0.2, 0) is 10.0 Å². The van der Waals surface area contributed by atoms with E-state index >= 15 is 0 Å². The summed E-state index contributed by atoms with van der Waals surface area (Å²) in [6.45, 7) is 4.26. The van der Waals surface area contributed by atoms with E-state index in [0.29, 0.717) is 0 Å². The molecule has 0 heterocycles. The lowest BCUT2D eigenvalue weighted by Gasteiger charge is -2.29. The van der Waals surface area contributed by atoms with Crippen molar-refractivity contribution in [3.8, 4) is 6.07 Å². The Morgan fingerprint density at radius 2 is 1.46 bits per heavy atom. The van der Waals surface area contributed by atoms with Crippen LogP contribution >= 0.6 is 0 Å².